The monoisotopic (exact) mass is 251 g/mol. The highest BCUT2D eigenvalue weighted by molar-refractivity contribution is 5.84. The summed E-state index contributed by atoms with van der Waals surface area (Å²) in [4.78, 5) is 10.7. The van der Waals surface area contributed by atoms with Crippen LogP contribution in [-0.4, -0.2) is 17.1 Å². The van der Waals surface area contributed by atoms with Gasteiger partial charge in [-0.15, -0.1) is 0 Å². The minimum Gasteiger partial charge on any atom is -0.475 e. The van der Waals surface area contributed by atoms with Crippen molar-refractivity contribution in [2.24, 2.45) is 0 Å². The Balaban J connectivity index is 1.80. The van der Waals surface area contributed by atoms with E-state index in [4.69, 9.17) is 9.52 Å². The molecule has 1 saturated carbocycles. The van der Waals surface area contributed by atoms with E-state index in [2.05, 4.69) is 5.32 Å². The van der Waals surface area contributed by atoms with Gasteiger partial charge in [0.2, 0.25) is 5.76 Å². The maximum absolute atomic E-state index is 10.7. The predicted molar refractivity (Wildman–Crippen MR) is 68.6 cm³/mol. The van der Waals surface area contributed by atoms with Crippen molar-refractivity contribution in [3.8, 4) is 0 Å². The molecule has 0 aliphatic heterocycles. The molecule has 1 aliphatic rings. The number of carboxylic acid groups (broad SMARTS) is 1. The molecule has 0 bridgehead atoms. The Kier molecular flexibility index (Phi) is 4.81. The molecule has 2 rings (SSSR count). The minimum atomic E-state index is -1.01. The molecule has 1 aromatic rings. The van der Waals surface area contributed by atoms with E-state index in [1.807, 2.05) is 0 Å². The SMILES string of the molecule is O=C(O)c1ccc(CNC2CCCCCCC2)o1. The third-order valence-electron chi connectivity index (χ3n) is 3.54. The van der Waals surface area contributed by atoms with E-state index in [0.29, 0.717) is 18.3 Å². The lowest BCUT2D eigenvalue weighted by atomic mass is 9.97. The lowest BCUT2D eigenvalue weighted by molar-refractivity contribution is 0.0660. The Bertz CT molecular complexity index is 378. The highest BCUT2D eigenvalue weighted by Gasteiger charge is 2.13. The summed E-state index contributed by atoms with van der Waals surface area (Å²) in [7, 11) is 0. The second-order valence-electron chi connectivity index (χ2n) is 4.99. The summed E-state index contributed by atoms with van der Waals surface area (Å²) < 4.78 is 5.23. The van der Waals surface area contributed by atoms with Crippen molar-refractivity contribution in [1.29, 1.82) is 0 Å². The molecule has 4 nitrogen and oxygen atoms in total. The van der Waals surface area contributed by atoms with Crippen LogP contribution in [0.1, 0.15) is 61.3 Å². The second-order valence-corrected chi connectivity index (χ2v) is 4.99. The van der Waals surface area contributed by atoms with Gasteiger partial charge < -0.3 is 14.8 Å². The fraction of sp³-hybridized carbons (Fsp3) is 0.643. The summed E-state index contributed by atoms with van der Waals surface area (Å²) in [5.41, 5.74) is 0. The average molecular weight is 251 g/mol. The first kappa shape index (κ1) is 13.1. The predicted octanol–water partition coefficient (Wildman–Crippen LogP) is 3.18. The minimum absolute atomic E-state index is 0.0180. The number of rotatable bonds is 4. The average Bonchev–Trinajstić information content (AvgIpc) is 2.76. The highest BCUT2D eigenvalue weighted by atomic mass is 16.4. The third kappa shape index (κ3) is 3.88. The molecular formula is C14H21NO3. The quantitative estimate of drug-likeness (QED) is 0.862. The molecule has 2 N–H and O–H groups in total. The number of aromatic carboxylic acids is 1. The Morgan fingerprint density at radius 3 is 2.50 bits per heavy atom. The maximum atomic E-state index is 10.7. The lowest BCUT2D eigenvalue weighted by Gasteiger charge is -2.20. The number of hydrogen-bond donors (Lipinski definition) is 2. The number of carbonyl (C=O) groups is 1. The van der Waals surface area contributed by atoms with Crippen molar-refractivity contribution >= 4 is 5.97 Å². The highest BCUT2D eigenvalue weighted by Crippen LogP contribution is 2.17. The van der Waals surface area contributed by atoms with Crippen LogP contribution in [-0.2, 0) is 6.54 Å². The van der Waals surface area contributed by atoms with Crippen molar-refractivity contribution < 1.29 is 14.3 Å². The molecule has 0 amide bonds. The lowest BCUT2D eigenvalue weighted by Crippen LogP contribution is -2.29. The summed E-state index contributed by atoms with van der Waals surface area (Å²) in [6, 6.07) is 3.79. The van der Waals surface area contributed by atoms with Crippen LogP contribution in [0, 0.1) is 0 Å². The second kappa shape index (κ2) is 6.59. The molecule has 0 radical (unpaired) electrons. The Labute approximate surface area is 107 Å². The largest absolute Gasteiger partial charge is 0.475 e. The Morgan fingerprint density at radius 2 is 1.89 bits per heavy atom. The molecule has 0 saturated heterocycles. The molecule has 1 aromatic heterocycles. The van der Waals surface area contributed by atoms with Crippen molar-refractivity contribution in [3.63, 3.8) is 0 Å². The Hall–Kier alpha value is -1.29. The van der Waals surface area contributed by atoms with Gasteiger partial charge in [0.05, 0.1) is 6.54 Å². The zero-order valence-corrected chi connectivity index (χ0v) is 10.7. The molecule has 18 heavy (non-hydrogen) atoms. The first-order chi connectivity index (χ1) is 8.75. The fourth-order valence-electron chi connectivity index (χ4n) is 2.49. The summed E-state index contributed by atoms with van der Waals surface area (Å²) in [6.45, 7) is 0.623. The number of hydrogen-bond acceptors (Lipinski definition) is 3. The molecule has 100 valence electrons. The van der Waals surface area contributed by atoms with Gasteiger partial charge >= 0.3 is 5.97 Å². The summed E-state index contributed by atoms with van der Waals surface area (Å²) in [6.07, 6.45) is 9.04. The molecule has 0 aromatic carbocycles. The number of carboxylic acids is 1. The summed E-state index contributed by atoms with van der Waals surface area (Å²) >= 11 is 0. The van der Waals surface area contributed by atoms with Gasteiger partial charge in [-0.05, 0) is 25.0 Å². The first-order valence-corrected chi connectivity index (χ1v) is 6.81. The zero-order valence-electron chi connectivity index (χ0n) is 10.7. The Morgan fingerprint density at radius 1 is 1.22 bits per heavy atom. The summed E-state index contributed by atoms with van der Waals surface area (Å²) in [5, 5.41) is 12.2. The maximum Gasteiger partial charge on any atom is 0.371 e. The van der Waals surface area contributed by atoms with Gasteiger partial charge in [0.1, 0.15) is 5.76 Å². The van der Waals surface area contributed by atoms with E-state index in [1.54, 1.807) is 6.07 Å². The molecule has 1 heterocycles. The van der Waals surface area contributed by atoms with Crippen LogP contribution >= 0.6 is 0 Å². The summed E-state index contributed by atoms with van der Waals surface area (Å²) in [5.74, 6) is -0.286. The first-order valence-electron chi connectivity index (χ1n) is 6.81. The van der Waals surface area contributed by atoms with Gasteiger partial charge in [0, 0.05) is 6.04 Å². The molecule has 0 spiro atoms. The van der Waals surface area contributed by atoms with Gasteiger partial charge in [-0.2, -0.15) is 0 Å². The van der Waals surface area contributed by atoms with E-state index in [9.17, 15) is 4.79 Å². The van der Waals surface area contributed by atoms with Gasteiger partial charge in [-0.1, -0.05) is 32.1 Å². The number of furan rings is 1. The van der Waals surface area contributed by atoms with Crippen LogP contribution < -0.4 is 5.32 Å². The molecule has 0 unspecified atom stereocenters. The van der Waals surface area contributed by atoms with Crippen LogP contribution in [0.25, 0.3) is 0 Å². The van der Waals surface area contributed by atoms with Crippen molar-refractivity contribution in [2.45, 2.75) is 57.5 Å². The van der Waals surface area contributed by atoms with Gasteiger partial charge in [-0.25, -0.2) is 4.79 Å². The third-order valence-corrected chi connectivity index (χ3v) is 3.54. The molecule has 4 heteroatoms. The van der Waals surface area contributed by atoms with Crippen LogP contribution in [0.3, 0.4) is 0 Å². The van der Waals surface area contributed by atoms with Crippen molar-refractivity contribution in [2.75, 3.05) is 0 Å². The van der Waals surface area contributed by atoms with Crippen molar-refractivity contribution in [1.82, 2.24) is 5.32 Å². The van der Waals surface area contributed by atoms with Gasteiger partial charge in [-0.3, -0.25) is 0 Å². The van der Waals surface area contributed by atoms with Crippen molar-refractivity contribution in [3.05, 3.63) is 23.7 Å². The molecule has 1 fully saturated rings. The molecule has 1 aliphatic carbocycles. The van der Waals surface area contributed by atoms with E-state index in [1.165, 1.54) is 51.0 Å². The molecule has 0 atom stereocenters. The van der Waals surface area contributed by atoms with E-state index < -0.39 is 5.97 Å². The van der Waals surface area contributed by atoms with E-state index in [0.717, 1.165) is 0 Å². The smallest absolute Gasteiger partial charge is 0.371 e. The van der Waals surface area contributed by atoms with Crippen LogP contribution in [0.2, 0.25) is 0 Å². The molecular weight excluding hydrogens is 230 g/mol. The van der Waals surface area contributed by atoms with Gasteiger partial charge in [0.25, 0.3) is 0 Å². The topological polar surface area (TPSA) is 62.5 Å². The van der Waals surface area contributed by atoms with E-state index >= 15 is 0 Å². The van der Waals surface area contributed by atoms with Crippen LogP contribution in [0.4, 0.5) is 0 Å². The normalized spacial score (nSPS) is 18.2. The zero-order chi connectivity index (χ0) is 12.8. The number of nitrogens with one attached hydrogen (secondary N) is 1. The fourth-order valence-corrected chi connectivity index (χ4v) is 2.49. The van der Waals surface area contributed by atoms with Crippen LogP contribution in [0.5, 0.6) is 0 Å². The standard InChI is InChI=1S/C14H21NO3/c16-14(17)13-9-8-12(18-13)10-15-11-6-4-2-1-3-5-7-11/h8-9,11,15H,1-7,10H2,(H,16,17). The van der Waals surface area contributed by atoms with E-state index in [-0.39, 0.29) is 5.76 Å². The van der Waals surface area contributed by atoms with Gasteiger partial charge in [0.15, 0.2) is 0 Å². The van der Waals surface area contributed by atoms with Crippen LogP contribution in [0.15, 0.2) is 16.5 Å².